The van der Waals surface area contributed by atoms with E-state index in [0.717, 1.165) is 29.7 Å². The van der Waals surface area contributed by atoms with Crippen molar-refractivity contribution in [3.63, 3.8) is 0 Å². The van der Waals surface area contributed by atoms with Gasteiger partial charge >= 0.3 is 0 Å². The number of nitrogens with one attached hydrogen (secondary N) is 2. The predicted octanol–water partition coefficient (Wildman–Crippen LogP) is 3.05. The molecule has 1 aromatic carbocycles. The van der Waals surface area contributed by atoms with E-state index >= 15 is 0 Å². The number of amides is 3. The zero-order chi connectivity index (χ0) is 25.2. The van der Waals surface area contributed by atoms with E-state index in [9.17, 15) is 19.5 Å². The van der Waals surface area contributed by atoms with E-state index in [2.05, 4.69) is 17.6 Å². The summed E-state index contributed by atoms with van der Waals surface area (Å²) < 4.78 is 0. The van der Waals surface area contributed by atoms with Gasteiger partial charge in [0.1, 0.15) is 6.04 Å². The van der Waals surface area contributed by atoms with Crippen molar-refractivity contribution in [3.05, 3.63) is 41.5 Å². The normalized spacial score (nSPS) is 27.0. The van der Waals surface area contributed by atoms with Crippen LogP contribution >= 0.6 is 0 Å². The van der Waals surface area contributed by atoms with Gasteiger partial charge in [0.2, 0.25) is 17.7 Å². The van der Waals surface area contributed by atoms with Crippen LogP contribution in [0.3, 0.4) is 0 Å². The summed E-state index contributed by atoms with van der Waals surface area (Å²) in [6.07, 6.45) is 5.66. The maximum absolute atomic E-state index is 13.9. The number of carbonyl (C=O) groups excluding carboxylic acids is 3. The third-order valence-corrected chi connectivity index (χ3v) is 7.53. The molecule has 3 N–H and O–H groups in total. The zero-order valence-corrected chi connectivity index (χ0v) is 21.2. The minimum atomic E-state index is -0.804. The molecule has 7 heteroatoms. The van der Waals surface area contributed by atoms with Gasteiger partial charge in [-0.15, -0.1) is 0 Å². The Labute approximate surface area is 203 Å². The molecule has 7 nitrogen and oxygen atoms in total. The van der Waals surface area contributed by atoms with Crippen molar-refractivity contribution in [1.82, 2.24) is 10.2 Å². The molecule has 34 heavy (non-hydrogen) atoms. The van der Waals surface area contributed by atoms with Gasteiger partial charge in [0.05, 0.1) is 24.5 Å². The summed E-state index contributed by atoms with van der Waals surface area (Å²) in [7, 11) is 1.59. The van der Waals surface area contributed by atoms with Crippen LogP contribution in [0.5, 0.6) is 0 Å². The summed E-state index contributed by atoms with van der Waals surface area (Å²) in [5.41, 5.74) is 2.61. The quantitative estimate of drug-likeness (QED) is 0.510. The summed E-state index contributed by atoms with van der Waals surface area (Å²) in [5, 5.41) is 16.0. The highest BCUT2D eigenvalue weighted by atomic mass is 16.3. The van der Waals surface area contributed by atoms with Crippen LogP contribution in [0.1, 0.15) is 44.7 Å². The second-order valence-corrected chi connectivity index (χ2v) is 10.0. The van der Waals surface area contributed by atoms with Crippen molar-refractivity contribution in [2.24, 2.45) is 29.6 Å². The van der Waals surface area contributed by atoms with Crippen LogP contribution < -0.4 is 10.6 Å². The molecular formula is C27H39N3O4. The molecule has 6 atom stereocenters. The molecule has 3 rings (SSSR count). The maximum atomic E-state index is 13.9. The van der Waals surface area contributed by atoms with Crippen molar-refractivity contribution in [2.45, 2.75) is 59.5 Å². The number of aliphatic hydroxyl groups is 1. The van der Waals surface area contributed by atoms with Crippen molar-refractivity contribution in [2.75, 3.05) is 19.0 Å². The van der Waals surface area contributed by atoms with E-state index in [4.69, 9.17) is 0 Å². The third kappa shape index (κ3) is 4.63. The smallest absolute Gasteiger partial charge is 0.247 e. The summed E-state index contributed by atoms with van der Waals surface area (Å²) in [6, 6.07) is 4.49. The molecule has 1 fully saturated rings. The molecule has 0 aromatic heterocycles. The predicted molar refractivity (Wildman–Crippen MR) is 133 cm³/mol. The van der Waals surface area contributed by atoms with Crippen LogP contribution in [-0.2, 0) is 14.4 Å². The first-order valence-corrected chi connectivity index (χ1v) is 12.4. The summed E-state index contributed by atoms with van der Waals surface area (Å²) in [4.78, 5) is 42.3. The van der Waals surface area contributed by atoms with E-state index in [0.29, 0.717) is 0 Å². The fourth-order valence-electron chi connectivity index (χ4n) is 5.76. The van der Waals surface area contributed by atoms with Crippen molar-refractivity contribution >= 4 is 23.4 Å². The lowest BCUT2D eigenvalue weighted by Crippen LogP contribution is -2.52. The zero-order valence-electron chi connectivity index (χ0n) is 21.2. The summed E-state index contributed by atoms with van der Waals surface area (Å²) in [6.45, 7) is 9.55. The molecule has 0 spiro atoms. The Balaban J connectivity index is 2.09. The van der Waals surface area contributed by atoms with Gasteiger partial charge in [-0.25, -0.2) is 0 Å². The minimum absolute atomic E-state index is 0.0570. The second-order valence-electron chi connectivity index (χ2n) is 10.0. The Hall–Kier alpha value is -2.67. The monoisotopic (exact) mass is 469 g/mol. The molecule has 0 unspecified atom stereocenters. The lowest BCUT2D eigenvalue weighted by atomic mass is 9.68. The van der Waals surface area contributed by atoms with Crippen LogP contribution in [-0.4, -0.2) is 53.5 Å². The van der Waals surface area contributed by atoms with Gasteiger partial charge < -0.3 is 20.6 Å². The number of anilines is 1. The summed E-state index contributed by atoms with van der Waals surface area (Å²) in [5.74, 6) is -2.43. The molecule has 0 bridgehead atoms. The molecule has 3 amide bonds. The van der Waals surface area contributed by atoms with Crippen molar-refractivity contribution in [3.8, 4) is 0 Å². The molecule has 186 valence electrons. The average molecular weight is 470 g/mol. The number of nitrogens with zero attached hydrogens (tertiary/aromatic N) is 1. The molecule has 0 radical (unpaired) electrons. The van der Waals surface area contributed by atoms with Gasteiger partial charge in [0.15, 0.2) is 0 Å². The number of para-hydroxylation sites is 1. The van der Waals surface area contributed by atoms with E-state index in [-0.39, 0.29) is 36.2 Å². The standard InChI is InChI=1S/C27H39N3O4/c1-7-9-18-12-13-19-22(21(18)25(32)28-6)27(34)30(20(14-31)15(2)3)24(19)26(33)29-23-16(4)10-8-11-17(23)5/h8,10-13,15,18-22,24,31H,7,9,14H2,1-6H3,(H,28,32)(H,29,33)/t18-,19+,20+,21-,22+,24+/m1/s1. The number of benzene rings is 1. The fraction of sp³-hybridized carbons (Fsp3) is 0.593. The number of aliphatic hydroxyl groups excluding tert-OH is 1. The molecule has 1 aliphatic heterocycles. The fourth-order valence-corrected chi connectivity index (χ4v) is 5.76. The van der Waals surface area contributed by atoms with Gasteiger partial charge in [-0.1, -0.05) is 57.5 Å². The van der Waals surface area contributed by atoms with Crippen LogP contribution in [0, 0.1) is 43.4 Å². The molecule has 1 saturated heterocycles. The Bertz CT molecular complexity index is 937. The second kappa shape index (κ2) is 10.7. The molecule has 1 heterocycles. The molecular weight excluding hydrogens is 430 g/mol. The van der Waals surface area contributed by atoms with Crippen LogP contribution in [0.15, 0.2) is 30.4 Å². The first-order chi connectivity index (χ1) is 16.2. The van der Waals surface area contributed by atoms with Gasteiger partial charge in [-0.2, -0.15) is 0 Å². The van der Waals surface area contributed by atoms with E-state index in [1.807, 2.05) is 58.0 Å². The lowest BCUT2D eigenvalue weighted by Gasteiger charge is -2.35. The van der Waals surface area contributed by atoms with Gasteiger partial charge in [-0.05, 0) is 43.2 Å². The number of aryl methyl sites for hydroxylation is 2. The van der Waals surface area contributed by atoms with Gasteiger partial charge in [0, 0.05) is 18.7 Å². The Morgan fingerprint density at radius 1 is 1.12 bits per heavy atom. The molecule has 2 aliphatic rings. The average Bonchev–Trinajstić information content (AvgIpc) is 3.08. The number of hydrogen-bond acceptors (Lipinski definition) is 4. The third-order valence-electron chi connectivity index (χ3n) is 7.53. The molecule has 1 aromatic rings. The lowest BCUT2D eigenvalue weighted by molar-refractivity contribution is -0.143. The number of likely N-dealkylation sites (tertiary alicyclic amines) is 1. The molecule has 0 saturated carbocycles. The van der Waals surface area contributed by atoms with Crippen molar-refractivity contribution in [1.29, 1.82) is 0 Å². The highest BCUT2D eigenvalue weighted by molar-refractivity contribution is 6.02. The Morgan fingerprint density at radius 3 is 2.29 bits per heavy atom. The van der Waals surface area contributed by atoms with Crippen LogP contribution in [0.2, 0.25) is 0 Å². The summed E-state index contributed by atoms with van der Waals surface area (Å²) >= 11 is 0. The van der Waals surface area contributed by atoms with Crippen LogP contribution in [0.25, 0.3) is 0 Å². The minimum Gasteiger partial charge on any atom is -0.394 e. The largest absolute Gasteiger partial charge is 0.394 e. The first-order valence-electron chi connectivity index (χ1n) is 12.4. The van der Waals surface area contributed by atoms with Gasteiger partial charge in [-0.3, -0.25) is 14.4 Å². The number of hydrogen-bond donors (Lipinski definition) is 3. The number of allylic oxidation sites excluding steroid dienone is 1. The first kappa shape index (κ1) is 25.9. The number of carbonyl (C=O) groups is 3. The van der Waals surface area contributed by atoms with E-state index in [1.165, 1.54) is 0 Å². The topological polar surface area (TPSA) is 98.7 Å². The van der Waals surface area contributed by atoms with Crippen LogP contribution in [0.4, 0.5) is 5.69 Å². The highest BCUT2D eigenvalue weighted by Crippen LogP contribution is 2.46. The van der Waals surface area contributed by atoms with E-state index < -0.39 is 29.8 Å². The SMILES string of the molecule is CCC[C@@H]1C=C[C@H]2[C@H](C(=O)N([C@@H](CO)C(C)C)[C@@H]2C(=O)Nc2c(C)cccc2C)[C@@H]1C(=O)NC. The maximum Gasteiger partial charge on any atom is 0.247 e. The van der Waals surface area contributed by atoms with Crippen molar-refractivity contribution < 1.29 is 19.5 Å². The Kier molecular flexibility index (Phi) is 8.18. The number of rotatable bonds is 8. The van der Waals surface area contributed by atoms with E-state index in [1.54, 1.807) is 11.9 Å². The van der Waals surface area contributed by atoms with Gasteiger partial charge in [0.25, 0.3) is 0 Å². The Morgan fingerprint density at radius 2 is 1.76 bits per heavy atom. The highest BCUT2D eigenvalue weighted by Gasteiger charge is 2.58. The number of fused-ring (bicyclic) bond motifs is 1. The molecule has 1 aliphatic carbocycles.